The highest BCUT2D eigenvalue weighted by atomic mass is 19.1. The van der Waals surface area contributed by atoms with Crippen molar-refractivity contribution in [3.05, 3.63) is 94.6 Å². The van der Waals surface area contributed by atoms with Crippen molar-refractivity contribution in [1.29, 1.82) is 0 Å². The molecule has 140 valence electrons. The van der Waals surface area contributed by atoms with E-state index in [1.165, 1.54) is 30.5 Å². The highest BCUT2D eigenvalue weighted by Gasteiger charge is 2.10. The van der Waals surface area contributed by atoms with E-state index in [1.807, 2.05) is 0 Å². The number of benzene rings is 3. The Hall–Kier alpha value is -3.60. The van der Waals surface area contributed by atoms with E-state index >= 15 is 0 Å². The van der Waals surface area contributed by atoms with Crippen LogP contribution in [0.1, 0.15) is 5.56 Å². The molecule has 4 aromatic rings. The van der Waals surface area contributed by atoms with Crippen molar-refractivity contribution >= 4 is 11.0 Å². The van der Waals surface area contributed by atoms with Gasteiger partial charge in [-0.15, -0.1) is 0 Å². The van der Waals surface area contributed by atoms with E-state index in [4.69, 9.17) is 9.15 Å². The van der Waals surface area contributed by atoms with E-state index < -0.39 is 0 Å². The van der Waals surface area contributed by atoms with Crippen LogP contribution < -0.4 is 10.2 Å². The molecule has 0 saturated heterocycles. The van der Waals surface area contributed by atoms with Gasteiger partial charge in [-0.2, -0.15) is 0 Å². The summed E-state index contributed by atoms with van der Waals surface area (Å²) in [7, 11) is 0. The van der Waals surface area contributed by atoms with Crippen LogP contribution in [0.4, 0.5) is 4.39 Å². The topological polar surface area (TPSA) is 59.7 Å². The van der Waals surface area contributed by atoms with Crippen molar-refractivity contribution in [1.82, 2.24) is 0 Å². The third kappa shape index (κ3) is 3.74. The Morgan fingerprint density at radius 2 is 1.71 bits per heavy atom. The summed E-state index contributed by atoms with van der Waals surface area (Å²) in [6, 6.07) is 17.8. The molecule has 4 rings (SSSR count). The average molecular weight is 376 g/mol. The first-order valence-electron chi connectivity index (χ1n) is 8.82. The van der Waals surface area contributed by atoms with Gasteiger partial charge in [0.05, 0.1) is 17.6 Å². The molecule has 28 heavy (non-hydrogen) atoms. The number of hydrogen-bond acceptors (Lipinski definition) is 4. The van der Waals surface area contributed by atoms with Gasteiger partial charge < -0.3 is 14.3 Å². The van der Waals surface area contributed by atoms with Crippen molar-refractivity contribution in [3.63, 3.8) is 0 Å². The fourth-order valence-corrected chi connectivity index (χ4v) is 2.98. The number of rotatable bonds is 5. The molecule has 0 unspecified atom stereocenters. The number of halogens is 1. The lowest BCUT2D eigenvalue weighted by molar-refractivity contribution is 0.322. The van der Waals surface area contributed by atoms with Gasteiger partial charge in [-0.1, -0.05) is 24.3 Å². The van der Waals surface area contributed by atoms with Gasteiger partial charge in [0.15, 0.2) is 5.43 Å². The third-order valence-electron chi connectivity index (χ3n) is 4.50. The van der Waals surface area contributed by atoms with Crippen LogP contribution in [-0.4, -0.2) is 11.7 Å². The second kappa shape index (κ2) is 7.56. The third-order valence-corrected chi connectivity index (χ3v) is 4.50. The van der Waals surface area contributed by atoms with Gasteiger partial charge in [-0.25, -0.2) is 4.39 Å². The summed E-state index contributed by atoms with van der Waals surface area (Å²) in [5.41, 5.74) is 2.37. The van der Waals surface area contributed by atoms with Crippen LogP contribution in [0.3, 0.4) is 0 Å². The molecule has 5 heteroatoms. The van der Waals surface area contributed by atoms with Gasteiger partial charge in [0.1, 0.15) is 29.2 Å². The van der Waals surface area contributed by atoms with Gasteiger partial charge in [-0.3, -0.25) is 4.79 Å². The molecule has 0 spiro atoms. The van der Waals surface area contributed by atoms with Gasteiger partial charge in [0, 0.05) is 12.5 Å². The lowest BCUT2D eigenvalue weighted by Gasteiger charge is -2.08. The Morgan fingerprint density at radius 3 is 2.46 bits per heavy atom. The average Bonchev–Trinajstić information content (AvgIpc) is 2.71. The van der Waals surface area contributed by atoms with E-state index in [9.17, 15) is 14.3 Å². The van der Waals surface area contributed by atoms with Crippen LogP contribution >= 0.6 is 0 Å². The Morgan fingerprint density at radius 1 is 0.964 bits per heavy atom. The van der Waals surface area contributed by atoms with Crippen molar-refractivity contribution < 1.29 is 18.7 Å². The second-order valence-corrected chi connectivity index (χ2v) is 6.41. The Kier molecular flexibility index (Phi) is 4.81. The Balaban J connectivity index is 1.53. The molecule has 3 aromatic carbocycles. The maximum Gasteiger partial charge on any atom is 0.200 e. The smallest absolute Gasteiger partial charge is 0.200 e. The fourth-order valence-electron chi connectivity index (χ4n) is 2.98. The number of ether oxygens (including phenoxy) is 1. The van der Waals surface area contributed by atoms with E-state index in [1.54, 1.807) is 42.5 Å². The van der Waals surface area contributed by atoms with Crippen molar-refractivity contribution in [2.24, 2.45) is 0 Å². The Bertz CT molecular complexity index is 1160. The minimum Gasteiger partial charge on any atom is -0.508 e. The molecule has 0 bridgehead atoms. The monoisotopic (exact) mass is 376 g/mol. The second-order valence-electron chi connectivity index (χ2n) is 6.41. The number of fused-ring (bicyclic) bond motifs is 1. The first-order chi connectivity index (χ1) is 13.6. The van der Waals surface area contributed by atoms with Crippen LogP contribution in [-0.2, 0) is 6.42 Å². The van der Waals surface area contributed by atoms with Gasteiger partial charge in [0.25, 0.3) is 0 Å². The molecule has 0 atom stereocenters. The van der Waals surface area contributed by atoms with Crippen LogP contribution in [0.15, 0.2) is 82.2 Å². The van der Waals surface area contributed by atoms with E-state index in [2.05, 4.69) is 0 Å². The maximum atomic E-state index is 12.9. The SMILES string of the molecule is O=c1c(-c2ccc(O)cc2)coc2cc(OCCc3ccc(F)cc3)ccc12. The summed E-state index contributed by atoms with van der Waals surface area (Å²) in [6.07, 6.45) is 2.06. The fraction of sp³-hybridized carbons (Fsp3) is 0.0870. The minimum absolute atomic E-state index is 0.136. The van der Waals surface area contributed by atoms with Crippen LogP contribution in [0.25, 0.3) is 22.1 Å². The quantitative estimate of drug-likeness (QED) is 0.537. The molecular formula is C23H17FO4. The minimum atomic E-state index is -0.263. The molecule has 0 aliphatic heterocycles. The standard InChI is InChI=1S/C23H17FO4/c24-17-5-1-15(2-6-17)11-12-27-19-9-10-20-22(13-19)28-14-21(23(20)26)16-3-7-18(25)8-4-16/h1-10,13-14,25H,11-12H2. The lowest BCUT2D eigenvalue weighted by atomic mass is 10.1. The summed E-state index contributed by atoms with van der Waals surface area (Å²) >= 11 is 0. The zero-order valence-electron chi connectivity index (χ0n) is 14.9. The van der Waals surface area contributed by atoms with Crippen LogP contribution in [0.5, 0.6) is 11.5 Å². The summed E-state index contributed by atoms with van der Waals surface area (Å²) in [4.78, 5) is 12.8. The molecule has 0 aliphatic carbocycles. The van der Waals surface area contributed by atoms with Crippen LogP contribution in [0, 0.1) is 5.82 Å². The summed E-state index contributed by atoms with van der Waals surface area (Å²) < 4.78 is 24.3. The first kappa shape index (κ1) is 17.8. The van der Waals surface area contributed by atoms with Gasteiger partial charge >= 0.3 is 0 Å². The number of phenolic OH excluding ortho intramolecular Hbond substituents is 1. The van der Waals surface area contributed by atoms with E-state index in [0.717, 1.165) is 5.56 Å². The molecule has 0 fully saturated rings. The Labute approximate surface area is 160 Å². The largest absolute Gasteiger partial charge is 0.508 e. The van der Waals surface area contributed by atoms with Crippen molar-refractivity contribution in [3.8, 4) is 22.6 Å². The molecule has 4 nitrogen and oxygen atoms in total. The number of hydrogen-bond donors (Lipinski definition) is 1. The highest BCUT2D eigenvalue weighted by Crippen LogP contribution is 2.24. The molecular weight excluding hydrogens is 359 g/mol. The molecule has 1 heterocycles. The molecule has 0 amide bonds. The molecule has 0 radical (unpaired) electrons. The van der Waals surface area contributed by atoms with Gasteiger partial charge in [0.2, 0.25) is 0 Å². The zero-order chi connectivity index (χ0) is 19.5. The van der Waals surface area contributed by atoms with Gasteiger partial charge in [-0.05, 0) is 47.5 Å². The highest BCUT2D eigenvalue weighted by molar-refractivity contribution is 5.82. The summed E-state index contributed by atoms with van der Waals surface area (Å²) in [5.74, 6) is 0.465. The maximum absolute atomic E-state index is 12.9. The van der Waals surface area contributed by atoms with E-state index in [0.29, 0.717) is 40.9 Å². The number of phenols is 1. The predicted octanol–water partition coefficient (Wildman–Crippen LogP) is 4.93. The van der Waals surface area contributed by atoms with E-state index in [-0.39, 0.29) is 17.0 Å². The normalized spacial score (nSPS) is 10.9. The molecule has 0 saturated carbocycles. The summed E-state index contributed by atoms with van der Waals surface area (Å²) in [6.45, 7) is 0.424. The lowest BCUT2D eigenvalue weighted by Crippen LogP contribution is -2.05. The molecule has 0 aliphatic rings. The number of aromatic hydroxyl groups is 1. The predicted molar refractivity (Wildman–Crippen MR) is 105 cm³/mol. The molecule has 1 N–H and O–H groups in total. The zero-order valence-corrected chi connectivity index (χ0v) is 14.9. The summed E-state index contributed by atoms with van der Waals surface area (Å²) in [5, 5.41) is 9.85. The first-order valence-corrected chi connectivity index (χ1v) is 8.82. The van der Waals surface area contributed by atoms with Crippen molar-refractivity contribution in [2.75, 3.05) is 6.61 Å². The van der Waals surface area contributed by atoms with Crippen molar-refractivity contribution in [2.45, 2.75) is 6.42 Å². The molecule has 1 aromatic heterocycles. The van der Waals surface area contributed by atoms with Crippen LogP contribution in [0.2, 0.25) is 0 Å².